The van der Waals surface area contributed by atoms with Gasteiger partial charge >= 0.3 is 5.97 Å². The lowest BCUT2D eigenvalue weighted by molar-refractivity contribution is -0.385. The first-order valence-corrected chi connectivity index (χ1v) is 12.0. The highest BCUT2D eigenvalue weighted by atomic mass is 16.6. The molecule has 0 aliphatic rings. The van der Waals surface area contributed by atoms with Gasteiger partial charge in [0.1, 0.15) is 18.3 Å². The van der Waals surface area contributed by atoms with Crippen LogP contribution in [-0.4, -0.2) is 68.2 Å². The van der Waals surface area contributed by atoms with E-state index in [1.54, 1.807) is 20.3 Å². The summed E-state index contributed by atoms with van der Waals surface area (Å²) in [5.74, 6) is 1.34. The number of aromatic carboxylic acids is 1. The van der Waals surface area contributed by atoms with Crippen LogP contribution in [0.25, 0.3) is 11.3 Å². The van der Waals surface area contributed by atoms with E-state index in [0.29, 0.717) is 36.4 Å². The Morgan fingerprint density at radius 3 is 2.27 bits per heavy atom. The van der Waals surface area contributed by atoms with E-state index in [9.17, 15) is 14.9 Å². The molecule has 0 radical (unpaired) electrons. The SMILES string of the molecule is CCc1cnc(NCCNc2ccc([N+](=O)[O-])cn2)nc1-c1ccc(OC)c(OC)c1.O=C(O)c1cncnc1. The molecule has 0 aliphatic heterocycles. The normalized spacial score (nSPS) is 10.1. The quantitative estimate of drug-likeness (QED) is 0.140. The Balaban J connectivity index is 0.000000415. The number of ether oxygens (including phenoxy) is 2. The first-order chi connectivity index (χ1) is 19.4. The van der Waals surface area contributed by atoms with Gasteiger partial charge in [-0.1, -0.05) is 6.92 Å². The van der Waals surface area contributed by atoms with Crippen molar-refractivity contribution in [1.29, 1.82) is 0 Å². The van der Waals surface area contributed by atoms with Gasteiger partial charge in [-0.25, -0.2) is 29.7 Å². The van der Waals surface area contributed by atoms with Gasteiger partial charge in [0.25, 0.3) is 5.69 Å². The Labute approximate surface area is 229 Å². The van der Waals surface area contributed by atoms with Crippen LogP contribution in [0.2, 0.25) is 0 Å². The van der Waals surface area contributed by atoms with Crippen LogP contribution in [-0.2, 0) is 6.42 Å². The molecule has 0 fully saturated rings. The first-order valence-electron chi connectivity index (χ1n) is 12.0. The predicted octanol–water partition coefficient (Wildman–Crippen LogP) is 3.73. The van der Waals surface area contributed by atoms with Crippen molar-refractivity contribution in [3.8, 4) is 22.8 Å². The van der Waals surface area contributed by atoms with Crippen molar-refractivity contribution in [2.75, 3.05) is 37.9 Å². The standard InChI is InChI=1S/C21H24N6O4.C5H4N2O2/c1-4-14-12-25-21(23-10-9-22-19-8-6-16(13-24-19)27(28)29)26-20(14)15-5-7-17(30-2)18(11-15)31-3;8-5(9)4-1-6-3-7-2-4/h5-8,11-13H,4,9-10H2,1-3H3,(H,22,24)(H,23,25,26);1-3H,(H,8,9). The van der Waals surface area contributed by atoms with E-state index in [4.69, 9.17) is 14.6 Å². The summed E-state index contributed by atoms with van der Waals surface area (Å²) in [6.45, 7) is 3.13. The van der Waals surface area contributed by atoms with Gasteiger partial charge in [-0.05, 0) is 36.2 Å². The largest absolute Gasteiger partial charge is 0.493 e. The fraction of sp³-hybridized carbons (Fsp3) is 0.231. The maximum Gasteiger partial charge on any atom is 0.338 e. The van der Waals surface area contributed by atoms with Crippen molar-refractivity contribution in [3.63, 3.8) is 0 Å². The third-order valence-electron chi connectivity index (χ3n) is 5.38. The van der Waals surface area contributed by atoms with Crippen LogP contribution >= 0.6 is 0 Å². The fourth-order valence-corrected chi connectivity index (χ4v) is 3.36. The van der Waals surface area contributed by atoms with Crippen LogP contribution in [0.15, 0.2) is 61.4 Å². The van der Waals surface area contributed by atoms with E-state index >= 15 is 0 Å². The number of carboxylic acid groups (broad SMARTS) is 1. The smallest absolute Gasteiger partial charge is 0.338 e. The molecule has 3 N–H and O–H groups in total. The van der Waals surface area contributed by atoms with Crippen molar-refractivity contribution in [2.45, 2.75) is 13.3 Å². The maximum atomic E-state index is 10.7. The zero-order chi connectivity index (χ0) is 28.9. The van der Waals surface area contributed by atoms with E-state index in [1.807, 2.05) is 24.4 Å². The summed E-state index contributed by atoms with van der Waals surface area (Å²) in [6.07, 6.45) is 7.60. The number of anilines is 2. The van der Waals surface area contributed by atoms with Crippen LogP contribution in [0.4, 0.5) is 17.5 Å². The van der Waals surface area contributed by atoms with Crippen molar-refractivity contribution < 1.29 is 24.3 Å². The van der Waals surface area contributed by atoms with Crippen LogP contribution < -0.4 is 20.1 Å². The summed E-state index contributed by atoms with van der Waals surface area (Å²) >= 11 is 0. The molecular formula is C26H28N8O6. The van der Waals surface area contributed by atoms with Gasteiger partial charge in [0.2, 0.25) is 5.95 Å². The molecule has 3 aromatic heterocycles. The molecule has 1 aromatic carbocycles. The molecular weight excluding hydrogens is 520 g/mol. The second kappa shape index (κ2) is 14.5. The minimum atomic E-state index is -1.00. The molecule has 0 amide bonds. The number of aromatic nitrogens is 5. The van der Waals surface area contributed by atoms with Crippen molar-refractivity contribution in [2.24, 2.45) is 0 Å². The zero-order valence-corrected chi connectivity index (χ0v) is 22.1. The van der Waals surface area contributed by atoms with Crippen LogP contribution in [0.1, 0.15) is 22.8 Å². The number of aryl methyl sites for hydroxylation is 1. The number of nitrogens with one attached hydrogen (secondary N) is 2. The number of nitrogens with zero attached hydrogens (tertiary/aromatic N) is 6. The molecule has 0 saturated carbocycles. The Bertz CT molecular complexity index is 1420. The number of carbonyl (C=O) groups is 1. The number of pyridine rings is 1. The van der Waals surface area contributed by atoms with Crippen LogP contribution in [0.3, 0.4) is 0 Å². The highest BCUT2D eigenvalue weighted by Crippen LogP contribution is 2.33. The van der Waals surface area contributed by atoms with E-state index in [-0.39, 0.29) is 11.3 Å². The van der Waals surface area contributed by atoms with Gasteiger partial charge in [0.05, 0.1) is 30.4 Å². The highest BCUT2D eigenvalue weighted by Gasteiger charge is 2.12. The third-order valence-corrected chi connectivity index (χ3v) is 5.38. The summed E-state index contributed by atoms with van der Waals surface area (Å²) in [6, 6.07) is 8.66. The van der Waals surface area contributed by atoms with E-state index < -0.39 is 10.9 Å². The van der Waals surface area contributed by atoms with Gasteiger partial charge in [-0.15, -0.1) is 0 Å². The first kappa shape index (κ1) is 29.2. The minimum Gasteiger partial charge on any atom is -0.493 e. The Hall–Kier alpha value is -5.40. The van der Waals surface area contributed by atoms with E-state index in [0.717, 1.165) is 23.2 Å². The van der Waals surface area contributed by atoms with Gasteiger partial charge in [-0.3, -0.25) is 10.1 Å². The summed E-state index contributed by atoms with van der Waals surface area (Å²) in [5.41, 5.74) is 2.82. The van der Waals surface area contributed by atoms with E-state index in [1.165, 1.54) is 31.0 Å². The van der Waals surface area contributed by atoms with Gasteiger partial charge in [0.15, 0.2) is 11.5 Å². The second-order valence-corrected chi connectivity index (χ2v) is 7.94. The third kappa shape index (κ3) is 8.05. The lowest BCUT2D eigenvalue weighted by Crippen LogP contribution is -2.16. The minimum absolute atomic E-state index is 0.0456. The molecule has 4 aromatic rings. The van der Waals surface area contributed by atoms with Gasteiger partial charge in [-0.2, -0.15) is 0 Å². The van der Waals surface area contributed by atoms with Crippen molar-refractivity contribution in [3.05, 3.63) is 82.7 Å². The average molecular weight is 549 g/mol. The average Bonchev–Trinajstić information content (AvgIpc) is 2.99. The molecule has 40 heavy (non-hydrogen) atoms. The Morgan fingerprint density at radius 1 is 0.975 bits per heavy atom. The Kier molecular flexibility index (Phi) is 10.6. The Morgan fingerprint density at radius 2 is 1.70 bits per heavy atom. The topological polar surface area (TPSA) is 187 Å². The number of methoxy groups -OCH3 is 2. The zero-order valence-electron chi connectivity index (χ0n) is 22.1. The predicted molar refractivity (Wildman–Crippen MR) is 147 cm³/mol. The van der Waals surface area contributed by atoms with Crippen LogP contribution in [0, 0.1) is 10.1 Å². The number of carboxylic acids is 1. The molecule has 0 aliphatic carbocycles. The molecule has 4 rings (SSSR count). The van der Waals surface area contributed by atoms with Crippen molar-refractivity contribution in [1.82, 2.24) is 24.9 Å². The fourth-order valence-electron chi connectivity index (χ4n) is 3.36. The lowest BCUT2D eigenvalue weighted by atomic mass is 10.0. The molecule has 0 unspecified atom stereocenters. The monoisotopic (exact) mass is 548 g/mol. The molecule has 14 nitrogen and oxygen atoms in total. The molecule has 0 atom stereocenters. The lowest BCUT2D eigenvalue weighted by Gasteiger charge is -2.13. The summed E-state index contributed by atoms with van der Waals surface area (Å²) < 4.78 is 10.7. The van der Waals surface area contributed by atoms with Gasteiger partial charge in [0, 0.05) is 43.3 Å². The maximum absolute atomic E-state index is 10.7. The molecule has 208 valence electrons. The molecule has 0 spiro atoms. The number of hydrogen-bond donors (Lipinski definition) is 3. The molecule has 0 bridgehead atoms. The highest BCUT2D eigenvalue weighted by molar-refractivity contribution is 5.86. The van der Waals surface area contributed by atoms with E-state index in [2.05, 4.69) is 42.5 Å². The second-order valence-electron chi connectivity index (χ2n) is 7.94. The number of benzene rings is 1. The van der Waals surface area contributed by atoms with Crippen LogP contribution in [0.5, 0.6) is 11.5 Å². The molecule has 3 heterocycles. The number of nitro groups is 1. The van der Waals surface area contributed by atoms with Crippen molar-refractivity contribution >= 4 is 23.4 Å². The summed E-state index contributed by atoms with van der Waals surface area (Å²) in [7, 11) is 3.20. The molecule has 14 heteroatoms. The summed E-state index contributed by atoms with van der Waals surface area (Å²) in [5, 5.41) is 25.3. The number of rotatable bonds is 11. The molecule has 0 saturated heterocycles. The van der Waals surface area contributed by atoms with Gasteiger partial charge < -0.3 is 25.2 Å². The summed E-state index contributed by atoms with van der Waals surface area (Å²) in [4.78, 5) is 40.4. The number of hydrogen-bond acceptors (Lipinski definition) is 12.